The van der Waals surface area contributed by atoms with Gasteiger partial charge in [-0.15, -0.1) is 12.4 Å². The first-order valence-electron chi connectivity index (χ1n) is 4.21. The zero-order chi connectivity index (χ0) is 7.90. The summed E-state index contributed by atoms with van der Waals surface area (Å²) < 4.78 is 0. The number of carbonyl (C=O) groups is 1. The van der Waals surface area contributed by atoms with Gasteiger partial charge in [-0.05, 0) is 24.7 Å². The number of rotatable bonds is 1. The normalized spacial score (nSPS) is 29.6. The Morgan fingerprint density at radius 1 is 1.58 bits per heavy atom. The number of carbonyl (C=O) groups excluding carboxylic acids is 1. The highest BCUT2D eigenvalue weighted by atomic mass is 35.5. The van der Waals surface area contributed by atoms with Gasteiger partial charge in [0.15, 0.2) is 0 Å². The molecule has 1 spiro atoms. The molecule has 70 valence electrons. The van der Waals surface area contributed by atoms with Gasteiger partial charge in [0, 0.05) is 13.6 Å². The summed E-state index contributed by atoms with van der Waals surface area (Å²) in [4.78, 5) is 11.2. The number of nitrogens with one attached hydrogen (secondary N) is 2. The van der Waals surface area contributed by atoms with Crippen LogP contribution in [0.4, 0.5) is 0 Å². The standard InChI is InChI=1S/C8H14N2O.ClH/c1-9-7(11)6-4-8(2-3-8)5-10-6;/h6,10H,2-5H2,1H3,(H,9,11);1H. The summed E-state index contributed by atoms with van der Waals surface area (Å²) in [6.07, 6.45) is 3.67. The van der Waals surface area contributed by atoms with Crippen LogP contribution in [-0.4, -0.2) is 25.5 Å². The van der Waals surface area contributed by atoms with E-state index in [2.05, 4.69) is 10.6 Å². The molecule has 2 rings (SSSR count). The third-order valence-electron chi connectivity index (χ3n) is 2.88. The number of likely N-dealkylation sites (N-methyl/N-ethyl adjacent to an activating group) is 1. The van der Waals surface area contributed by atoms with Crippen molar-refractivity contribution in [2.45, 2.75) is 25.3 Å². The molecular weight excluding hydrogens is 176 g/mol. The molecule has 2 N–H and O–H groups in total. The van der Waals surface area contributed by atoms with Gasteiger partial charge in [0.1, 0.15) is 0 Å². The molecule has 1 aliphatic heterocycles. The van der Waals surface area contributed by atoms with Crippen LogP contribution in [0.25, 0.3) is 0 Å². The Balaban J connectivity index is 0.000000720. The monoisotopic (exact) mass is 190 g/mol. The molecule has 1 aliphatic carbocycles. The molecule has 0 bridgehead atoms. The average Bonchev–Trinajstić information content (AvgIpc) is 2.61. The Bertz CT molecular complexity index is 191. The highest BCUT2D eigenvalue weighted by molar-refractivity contribution is 5.85. The van der Waals surface area contributed by atoms with Crippen LogP contribution < -0.4 is 10.6 Å². The van der Waals surface area contributed by atoms with Gasteiger partial charge >= 0.3 is 0 Å². The maximum atomic E-state index is 11.2. The van der Waals surface area contributed by atoms with Gasteiger partial charge < -0.3 is 10.6 Å². The molecule has 1 atom stereocenters. The molecule has 1 amide bonds. The van der Waals surface area contributed by atoms with Crippen molar-refractivity contribution in [1.82, 2.24) is 10.6 Å². The first kappa shape index (κ1) is 9.81. The molecule has 0 aromatic carbocycles. The van der Waals surface area contributed by atoms with Crippen LogP contribution in [0.1, 0.15) is 19.3 Å². The van der Waals surface area contributed by atoms with E-state index in [1.165, 1.54) is 12.8 Å². The Morgan fingerprint density at radius 2 is 2.25 bits per heavy atom. The lowest BCUT2D eigenvalue weighted by molar-refractivity contribution is -0.122. The van der Waals surface area contributed by atoms with E-state index in [-0.39, 0.29) is 24.4 Å². The second-order valence-electron chi connectivity index (χ2n) is 3.75. The zero-order valence-corrected chi connectivity index (χ0v) is 8.04. The van der Waals surface area contributed by atoms with Crippen LogP contribution >= 0.6 is 12.4 Å². The second kappa shape index (κ2) is 3.23. The number of hydrogen-bond acceptors (Lipinski definition) is 2. The molecule has 0 radical (unpaired) electrons. The van der Waals surface area contributed by atoms with Gasteiger partial charge in [-0.1, -0.05) is 0 Å². The van der Waals surface area contributed by atoms with Crippen LogP contribution in [0.2, 0.25) is 0 Å². The highest BCUT2D eigenvalue weighted by Crippen LogP contribution is 2.51. The maximum absolute atomic E-state index is 11.2. The van der Waals surface area contributed by atoms with Crippen LogP contribution in [0, 0.1) is 5.41 Å². The lowest BCUT2D eigenvalue weighted by Crippen LogP contribution is -2.38. The molecule has 0 aromatic rings. The molecule has 4 heteroatoms. The molecule has 2 fully saturated rings. The van der Waals surface area contributed by atoms with E-state index in [4.69, 9.17) is 0 Å². The fourth-order valence-corrected chi connectivity index (χ4v) is 1.83. The van der Waals surface area contributed by atoms with Crippen LogP contribution in [-0.2, 0) is 4.79 Å². The summed E-state index contributed by atoms with van der Waals surface area (Å²) in [5, 5.41) is 5.92. The van der Waals surface area contributed by atoms with E-state index in [1.54, 1.807) is 7.05 Å². The summed E-state index contributed by atoms with van der Waals surface area (Å²) in [5.41, 5.74) is 0.525. The Kier molecular flexibility index (Phi) is 2.64. The fourth-order valence-electron chi connectivity index (χ4n) is 1.83. The van der Waals surface area contributed by atoms with Crippen molar-refractivity contribution < 1.29 is 4.79 Å². The fraction of sp³-hybridized carbons (Fsp3) is 0.875. The van der Waals surface area contributed by atoms with Gasteiger partial charge in [0.25, 0.3) is 0 Å². The third kappa shape index (κ3) is 1.57. The van der Waals surface area contributed by atoms with Gasteiger partial charge in [0.05, 0.1) is 6.04 Å². The Labute approximate surface area is 78.7 Å². The van der Waals surface area contributed by atoms with Crippen LogP contribution in [0.5, 0.6) is 0 Å². The number of hydrogen-bond donors (Lipinski definition) is 2. The lowest BCUT2D eigenvalue weighted by Gasteiger charge is -2.06. The summed E-state index contributed by atoms with van der Waals surface area (Å²) in [6.45, 7) is 1.05. The van der Waals surface area contributed by atoms with Crippen molar-refractivity contribution in [2.75, 3.05) is 13.6 Å². The van der Waals surface area contributed by atoms with E-state index in [9.17, 15) is 4.79 Å². The first-order chi connectivity index (χ1) is 5.26. The van der Waals surface area contributed by atoms with E-state index in [0.29, 0.717) is 5.41 Å². The van der Waals surface area contributed by atoms with Crippen molar-refractivity contribution >= 4 is 18.3 Å². The third-order valence-corrected chi connectivity index (χ3v) is 2.88. The van der Waals surface area contributed by atoms with Crippen molar-refractivity contribution in [2.24, 2.45) is 5.41 Å². The molecule has 1 saturated carbocycles. The predicted octanol–water partition coefficient (Wildman–Crippen LogP) is 0.296. The summed E-state index contributed by atoms with van der Waals surface area (Å²) in [7, 11) is 1.70. The molecule has 3 nitrogen and oxygen atoms in total. The Morgan fingerprint density at radius 3 is 2.67 bits per heavy atom. The van der Waals surface area contributed by atoms with Gasteiger partial charge in [-0.3, -0.25) is 4.79 Å². The smallest absolute Gasteiger partial charge is 0.236 e. The zero-order valence-electron chi connectivity index (χ0n) is 7.22. The van der Waals surface area contributed by atoms with Crippen molar-refractivity contribution in [3.8, 4) is 0 Å². The lowest BCUT2D eigenvalue weighted by atomic mass is 10.0. The van der Waals surface area contributed by atoms with E-state index in [1.807, 2.05) is 0 Å². The molecular formula is C8H15ClN2O. The first-order valence-corrected chi connectivity index (χ1v) is 4.21. The minimum absolute atomic E-state index is 0. The molecule has 0 aromatic heterocycles. The molecule has 1 saturated heterocycles. The average molecular weight is 191 g/mol. The summed E-state index contributed by atoms with van der Waals surface area (Å²) in [5.74, 6) is 0.147. The SMILES string of the molecule is CNC(=O)C1CC2(CC2)CN1.Cl. The van der Waals surface area contributed by atoms with Crippen molar-refractivity contribution in [3.63, 3.8) is 0 Å². The topological polar surface area (TPSA) is 41.1 Å². The molecule has 1 unspecified atom stereocenters. The van der Waals surface area contributed by atoms with E-state index >= 15 is 0 Å². The minimum Gasteiger partial charge on any atom is -0.358 e. The maximum Gasteiger partial charge on any atom is 0.236 e. The van der Waals surface area contributed by atoms with E-state index < -0.39 is 0 Å². The highest BCUT2D eigenvalue weighted by Gasteiger charge is 2.49. The van der Waals surface area contributed by atoms with Crippen LogP contribution in [0.15, 0.2) is 0 Å². The molecule has 2 aliphatic rings. The van der Waals surface area contributed by atoms with Crippen molar-refractivity contribution in [1.29, 1.82) is 0 Å². The van der Waals surface area contributed by atoms with Crippen molar-refractivity contribution in [3.05, 3.63) is 0 Å². The second-order valence-corrected chi connectivity index (χ2v) is 3.75. The Hall–Kier alpha value is -0.280. The molecule has 12 heavy (non-hydrogen) atoms. The van der Waals surface area contributed by atoms with Gasteiger partial charge in [-0.25, -0.2) is 0 Å². The quantitative estimate of drug-likeness (QED) is 0.625. The van der Waals surface area contributed by atoms with Gasteiger partial charge in [-0.2, -0.15) is 0 Å². The molecule has 1 heterocycles. The number of amides is 1. The summed E-state index contributed by atoms with van der Waals surface area (Å²) >= 11 is 0. The largest absolute Gasteiger partial charge is 0.358 e. The van der Waals surface area contributed by atoms with Crippen LogP contribution in [0.3, 0.4) is 0 Å². The minimum atomic E-state index is 0. The number of halogens is 1. The van der Waals surface area contributed by atoms with Gasteiger partial charge in [0.2, 0.25) is 5.91 Å². The summed E-state index contributed by atoms with van der Waals surface area (Å²) in [6, 6.07) is 0.0856. The predicted molar refractivity (Wildman–Crippen MR) is 49.4 cm³/mol. The van der Waals surface area contributed by atoms with E-state index in [0.717, 1.165) is 13.0 Å².